The fraction of sp³-hybridized carbons (Fsp3) is 0.562. The topological polar surface area (TPSA) is 58.4 Å². The molecule has 2 rings (SSSR count). The molecule has 0 atom stereocenters. The van der Waals surface area contributed by atoms with Crippen molar-refractivity contribution in [2.24, 2.45) is 5.73 Å². The molecular formula is C16H25N3O. The molecule has 110 valence electrons. The largest absolute Gasteiger partial charge is 0.334 e. The summed E-state index contributed by atoms with van der Waals surface area (Å²) >= 11 is 0. The van der Waals surface area contributed by atoms with Gasteiger partial charge in [-0.15, -0.1) is 0 Å². The van der Waals surface area contributed by atoms with E-state index in [-0.39, 0.29) is 11.6 Å². The first-order valence-electron chi connectivity index (χ1n) is 7.51. The number of amides is 2. The van der Waals surface area contributed by atoms with Gasteiger partial charge in [0.05, 0.1) is 5.54 Å². The Morgan fingerprint density at radius 1 is 1.30 bits per heavy atom. The lowest BCUT2D eigenvalue weighted by Gasteiger charge is -2.40. The minimum atomic E-state index is -0.129. The number of rotatable bonds is 5. The van der Waals surface area contributed by atoms with E-state index >= 15 is 0 Å². The number of carbonyl (C=O) groups is 1. The lowest BCUT2D eigenvalue weighted by atomic mass is 9.95. The van der Waals surface area contributed by atoms with Gasteiger partial charge in [0, 0.05) is 19.6 Å². The predicted molar refractivity (Wildman–Crippen MR) is 81.3 cm³/mol. The highest BCUT2D eigenvalue weighted by Crippen LogP contribution is 2.34. The molecule has 3 N–H and O–H groups in total. The van der Waals surface area contributed by atoms with Crippen molar-refractivity contribution < 1.29 is 4.79 Å². The Kier molecular flexibility index (Phi) is 5.01. The van der Waals surface area contributed by atoms with Gasteiger partial charge in [0.2, 0.25) is 0 Å². The highest BCUT2D eigenvalue weighted by molar-refractivity contribution is 5.75. The molecule has 0 aliphatic heterocycles. The summed E-state index contributed by atoms with van der Waals surface area (Å²) in [4.78, 5) is 14.4. The molecule has 1 saturated carbocycles. The van der Waals surface area contributed by atoms with Crippen LogP contribution in [0.25, 0.3) is 0 Å². The summed E-state index contributed by atoms with van der Waals surface area (Å²) in [7, 11) is 0. The molecule has 1 aliphatic carbocycles. The van der Waals surface area contributed by atoms with Crippen LogP contribution in [0, 0.1) is 0 Å². The van der Waals surface area contributed by atoms with Crippen LogP contribution in [0.2, 0.25) is 0 Å². The van der Waals surface area contributed by atoms with Crippen LogP contribution >= 0.6 is 0 Å². The number of nitrogens with one attached hydrogen (secondary N) is 1. The van der Waals surface area contributed by atoms with Gasteiger partial charge in [0.1, 0.15) is 0 Å². The zero-order chi connectivity index (χ0) is 14.4. The maximum absolute atomic E-state index is 12.5. The van der Waals surface area contributed by atoms with Crippen LogP contribution in [-0.4, -0.2) is 29.6 Å². The summed E-state index contributed by atoms with van der Waals surface area (Å²) in [6.45, 7) is 3.85. The normalized spacial score (nSPS) is 16.9. The Balaban J connectivity index is 1.98. The van der Waals surface area contributed by atoms with Crippen molar-refractivity contribution in [1.82, 2.24) is 10.2 Å². The number of urea groups is 1. The molecule has 4 heteroatoms. The van der Waals surface area contributed by atoms with Crippen molar-refractivity contribution in [3.8, 4) is 0 Å². The van der Waals surface area contributed by atoms with E-state index in [9.17, 15) is 4.79 Å². The summed E-state index contributed by atoms with van der Waals surface area (Å²) in [5.74, 6) is 0. The van der Waals surface area contributed by atoms with E-state index in [4.69, 9.17) is 5.73 Å². The average Bonchev–Trinajstić information content (AvgIpc) is 2.97. The van der Waals surface area contributed by atoms with Gasteiger partial charge >= 0.3 is 6.03 Å². The van der Waals surface area contributed by atoms with Gasteiger partial charge in [-0.3, -0.25) is 0 Å². The summed E-state index contributed by atoms with van der Waals surface area (Å²) < 4.78 is 0. The van der Waals surface area contributed by atoms with Crippen LogP contribution in [0.3, 0.4) is 0 Å². The van der Waals surface area contributed by atoms with E-state index < -0.39 is 0 Å². The molecule has 1 aromatic rings. The third kappa shape index (κ3) is 3.12. The summed E-state index contributed by atoms with van der Waals surface area (Å²) in [6, 6.07) is 9.99. The summed E-state index contributed by atoms with van der Waals surface area (Å²) in [5, 5.41) is 3.02. The summed E-state index contributed by atoms with van der Waals surface area (Å²) in [5.41, 5.74) is 6.96. The van der Waals surface area contributed by atoms with E-state index in [0.29, 0.717) is 19.6 Å². The summed E-state index contributed by atoms with van der Waals surface area (Å²) in [6.07, 6.45) is 4.38. The first-order chi connectivity index (χ1) is 9.72. The van der Waals surface area contributed by atoms with Crippen LogP contribution in [0.1, 0.15) is 38.2 Å². The highest BCUT2D eigenvalue weighted by atomic mass is 16.2. The fourth-order valence-corrected chi connectivity index (χ4v) is 3.18. The maximum atomic E-state index is 12.5. The van der Waals surface area contributed by atoms with Crippen LogP contribution < -0.4 is 11.1 Å². The number of hydrogen-bond acceptors (Lipinski definition) is 2. The molecule has 2 amide bonds. The van der Waals surface area contributed by atoms with Crippen LogP contribution in [-0.2, 0) is 6.54 Å². The first kappa shape index (κ1) is 14.9. The SMILES string of the molecule is CCN(C(=O)NCc1ccccc1)C1(CN)CCCC1. The number of nitrogens with zero attached hydrogens (tertiary/aromatic N) is 1. The molecule has 0 unspecified atom stereocenters. The first-order valence-corrected chi connectivity index (χ1v) is 7.51. The van der Waals surface area contributed by atoms with Crippen molar-refractivity contribution in [2.45, 2.75) is 44.7 Å². The van der Waals surface area contributed by atoms with Crippen molar-refractivity contribution in [3.05, 3.63) is 35.9 Å². The zero-order valence-corrected chi connectivity index (χ0v) is 12.3. The molecule has 0 radical (unpaired) electrons. The van der Waals surface area contributed by atoms with Gasteiger partial charge in [0.25, 0.3) is 0 Å². The molecule has 1 aliphatic rings. The van der Waals surface area contributed by atoms with Crippen molar-refractivity contribution in [1.29, 1.82) is 0 Å². The van der Waals surface area contributed by atoms with Crippen LogP contribution in [0.15, 0.2) is 30.3 Å². The Bertz CT molecular complexity index is 427. The number of nitrogens with two attached hydrogens (primary N) is 1. The van der Waals surface area contributed by atoms with Gasteiger partial charge in [-0.2, -0.15) is 0 Å². The van der Waals surface area contributed by atoms with Gasteiger partial charge < -0.3 is 16.0 Å². The number of likely N-dealkylation sites (N-methyl/N-ethyl adjacent to an activating group) is 1. The van der Waals surface area contributed by atoms with Crippen LogP contribution in [0.5, 0.6) is 0 Å². The Morgan fingerprint density at radius 3 is 2.50 bits per heavy atom. The van der Waals surface area contributed by atoms with E-state index in [0.717, 1.165) is 18.4 Å². The predicted octanol–water partition coefficient (Wildman–Crippen LogP) is 2.49. The zero-order valence-electron chi connectivity index (χ0n) is 12.3. The third-order valence-corrected chi connectivity index (χ3v) is 4.33. The third-order valence-electron chi connectivity index (χ3n) is 4.33. The quantitative estimate of drug-likeness (QED) is 0.867. The Hall–Kier alpha value is -1.55. The van der Waals surface area contributed by atoms with Gasteiger partial charge in [-0.25, -0.2) is 4.79 Å². The smallest absolute Gasteiger partial charge is 0.318 e. The second kappa shape index (κ2) is 6.75. The molecule has 4 nitrogen and oxygen atoms in total. The van der Waals surface area contributed by atoms with Gasteiger partial charge in [-0.05, 0) is 25.3 Å². The van der Waals surface area contributed by atoms with Gasteiger partial charge in [-0.1, -0.05) is 43.2 Å². The second-order valence-electron chi connectivity index (χ2n) is 5.52. The van der Waals surface area contributed by atoms with Crippen molar-refractivity contribution >= 4 is 6.03 Å². The standard InChI is InChI=1S/C16H25N3O/c1-2-19(16(13-17)10-6-7-11-16)15(20)18-12-14-8-4-3-5-9-14/h3-5,8-9H,2,6-7,10-13,17H2,1H3,(H,18,20). The lowest BCUT2D eigenvalue weighted by Crippen LogP contribution is -2.57. The lowest BCUT2D eigenvalue weighted by molar-refractivity contribution is 0.124. The minimum absolute atomic E-state index is 0.00343. The van der Waals surface area contributed by atoms with E-state index in [2.05, 4.69) is 5.32 Å². The maximum Gasteiger partial charge on any atom is 0.318 e. The minimum Gasteiger partial charge on any atom is -0.334 e. The van der Waals surface area contributed by atoms with Crippen LogP contribution in [0.4, 0.5) is 4.79 Å². The Morgan fingerprint density at radius 2 is 1.95 bits per heavy atom. The number of carbonyl (C=O) groups excluding carboxylic acids is 1. The molecule has 0 saturated heterocycles. The molecule has 0 bridgehead atoms. The second-order valence-corrected chi connectivity index (χ2v) is 5.52. The van der Waals surface area contributed by atoms with E-state index in [1.165, 1.54) is 12.8 Å². The molecule has 1 fully saturated rings. The van der Waals surface area contributed by atoms with Crippen molar-refractivity contribution in [3.63, 3.8) is 0 Å². The number of benzene rings is 1. The molecule has 20 heavy (non-hydrogen) atoms. The highest BCUT2D eigenvalue weighted by Gasteiger charge is 2.40. The Labute approximate surface area is 121 Å². The molecule has 0 spiro atoms. The van der Waals surface area contributed by atoms with E-state index in [1.54, 1.807) is 0 Å². The average molecular weight is 275 g/mol. The molecule has 1 aromatic carbocycles. The van der Waals surface area contributed by atoms with Gasteiger partial charge in [0.15, 0.2) is 0 Å². The molecule has 0 heterocycles. The monoisotopic (exact) mass is 275 g/mol. The van der Waals surface area contributed by atoms with E-state index in [1.807, 2.05) is 42.2 Å². The molecular weight excluding hydrogens is 250 g/mol. The molecule has 0 aromatic heterocycles. The number of hydrogen-bond donors (Lipinski definition) is 2. The van der Waals surface area contributed by atoms with Crippen molar-refractivity contribution in [2.75, 3.05) is 13.1 Å². The fourth-order valence-electron chi connectivity index (χ4n) is 3.18.